The average molecular weight is 394 g/mol. The molecule has 1 amide bonds. The molecule has 2 N–H and O–H groups in total. The van der Waals surface area contributed by atoms with Gasteiger partial charge in [0.1, 0.15) is 0 Å². The molecule has 1 aromatic heterocycles. The van der Waals surface area contributed by atoms with Crippen LogP contribution in [0, 0.1) is 11.8 Å². The van der Waals surface area contributed by atoms with Gasteiger partial charge in [0.05, 0.1) is 30.3 Å². The van der Waals surface area contributed by atoms with Gasteiger partial charge < -0.3 is 10.4 Å². The molecule has 3 rings (SSSR count). The summed E-state index contributed by atoms with van der Waals surface area (Å²) in [5.41, 5.74) is 1.36. The van der Waals surface area contributed by atoms with E-state index >= 15 is 0 Å². The van der Waals surface area contributed by atoms with E-state index in [2.05, 4.69) is 10.4 Å². The van der Waals surface area contributed by atoms with Crippen molar-refractivity contribution in [1.29, 1.82) is 0 Å². The number of aromatic nitrogens is 2. The van der Waals surface area contributed by atoms with Crippen molar-refractivity contribution < 1.29 is 14.7 Å². The van der Waals surface area contributed by atoms with Gasteiger partial charge in [0.25, 0.3) is 0 Å². The molecule has 136 valence electrons. The number of allylic oxidation sites excluding steroid dienone is 2. The maximum atomic E-state index is 12.5. The Morgan fingerprint density at radius 2 is 1.96 bits per heavy atom. The van der Waals surface area contributed by atoms with Gasteiger partial charge in [-0.2, -0.15) is 5.10 Å². The van der Waals surface area contributed by atoms with Gasteiger partial charge in [-0.25, -0.2) is 0 Å². The molecule has 8 heteroatoms. The largest absolute Gasteiger partial charge is 0.481 e. The van der Waals surface area contributed by atoms with Crippen LogP contribution in [0.4, 0.5) is 5.69 Å². The second-order valence-corrected chi connectivity index (χ2v) is 6.99. The van der Waals surface area contributed by atoms with Gasteiger partial charge >= 0.3 is 5.97 Å². The Hall–Kier alpha value is -2.31. The van der Waals surface area contributed by atoms with Crippen molar-refractivity contribution in [2.45, 2.75) is 19.4 Å². The van der Waals surface area contributed by atoms with Crippen molar-refractivity contribution in [2.24, 2.45) is 11.8 Å². The first-order valence-electron chi connectivity index (χ1n) is 8.09. The van der Waals surface area contributed by atoms with Crippen molar-refractivity contribution >= 4 is 40.8 Å². The van der Waals surface area contributed by atoms with Crippen LogP contribution >= 0.6 is 23.2 Å². The highest BCUT2D eigenvalue weighted by atomic mass is 35.5. The molecule has 0 spiro atoms. The summed E-state index contributed by atoms with van der Waals surface area (Å²) in [6.07, 6.45) is 7.62. The number of carboxylic acids is 1. The zero-order chi connectivity index (χ0) is 18.7. The summed E-state index contributed by atoms with van der Waals surface area (Å²) in [6.45, 7) is 0.426. The molecule has 0 bridgehead atoms. The third-order valence-electron chi connectivity index (χ3n) is 4.33. The van der Waals surface area contributed by atoms with Crippen LogP contribution in [0.1, 0.15) is 18.4 Å². The number of amides is 1. The average Bonchev–Trinajstić information content (AvgIpc) is 3.04. The summed E-state index contributed by atoms with van der Waals surface area (Å²) in [5.74, 6) is -2.57. The highest BCUT2D eigenvalue weighted by Crippen LogP contribution is 2.27. The Bertz CT molecular complexity index is 863. The van der Waals surface area contributed by atoms with E-state index in [0.29, 0.717) is 35.1 Å². The van der Waals surface area contributed by atoms with Gasteiger partial charge in [-0.15, -0.1) is 0 Å². The number of aliphatic carboxylic acids is 1. The number of benzene rings is 1. The number of carboxylic acid groups (broad SMARTS) is 1. The number of nitrogens with zero attached hydrogens (tertiary/aromatic N) is 2. The van der Waals surface area contributed by atoms with Gasteiger partial charge in [0.15, 0.2) is 0 Å². The maximum Gasteiger partial charge on any atom is 0.307 e. The predicted molar refractivity (Wildman–Crippen MR) is 99.4 cm³/mol. The van der Waals surface area contributed by atoms with Crippen LogP contribution in [-0.4, -0.2) is 26.8 Å². The number of hydrogen-bond donors (Lipinski definition) is 2. The quantitative estimate of drug-likeness (QED) is 0.755. The lowest BCUT2D eigenvalue weighted by molar-refractivity contribution is -0.146. The van der Waals surface area contributed by atoms with E-state index in [1.54, 1.807) is 29.1 Å². The molecule has 2 aromatic rings. The molecule has 0 radical (unpaired) electrons. The maximum absolute atomic E-state index is 12.5. The number of rotatable bonds is 5. The van der Waals surface area contributed by atoms with E-state index in [-0.39, 0.29) is 5.91 Å². The minimum Gasteiger partial charge on any atom is -0.481 e. The van der Waals surface area contributed by atoms with E-state index in [9.17, 15) is 14.7 Å². The summed E-state index contributed by atoms with van der Waals surface area (Å²) < 4.78 is 1.64. The molecule has 0 aliphatic heterocycles. The summed E-state index contributed by atoms with van der Waals surface area (Å²) >= 11 is 12.0. The van der Waals surface area contributed by atoms with E-state index in [4.69, 9.17) is 23.2 Å². The zero-order valence-electron chi connectivity index (χ0n) is 13.7. The van der Waals surface area contributed by atoms with Crippen molar-refractivity contribution in [2.75, 3.05) is 5.32 Å². The Morgan fingerprint density at radius 3 is 2.65 bits per heavy atom. The van der Waals surface area contributed by atoms with Crippen LogP contribution in [0.5, 0.6) is 0 Å². The summed E-state index contributed by atoms with van der Waals surface area (Å²) in [6, 6.07) is 5.22. The van der Waals surface area contributed by atoms with E-state index in [1.807, 2.05) is 12.1 Å². The fraction of sp³-hybridized carbons (Fsp3) is 0.278. The van der Waals surface area contributed by atoms with E-state index in [1.165, 1.54) is 6.20 Å². The molecule has 26 heavy (non-hydrogen) atoms. The lowest BCUT2D eigenvalue weighted by atomic mass is 9.82. The summed E-state index contributed by atoms with van der Waals surface area (Å²) in [7, 11) is 0. The standard InChI is InChI=1S/C18H17Cl2N3O3/c19-12-6-5-11(16(20)7-12)9-23-10-13(8-21-23)22-17(24)14-3-1-2-4-15(14)18(25)26/h1-2,5-8,10,14-15H,3-4,9H2,(H,22,24)(H,25,26). The number of hydrogen-bond acceptors (Lipinski definition) is 3. The number of halogens is 2. The van der Waals surface area contributed by atoms with Gasteiger partial charge in [-0.1, -0.05) is 41.4 Å². The molecule has 0 fully saturated rings. The van der Waals surface area contributed by atoms with Crippen LogP contribution in [0.15, 0.2) is 42.7 Å². The van der Waals surface area contributed by atoms with Crippen molar-refractivity contribution in [3.05, 3.63) is 58.4 Å². The van der Waals surface area contributed by atoms with Crippen LogP contribution in [-0.2, 0) is 16.1 Å². The van der Waals surface area contributed by atoms with Gasteiger partial charge in [-0.05, 0) is 30.5 Å². The molecule has 0 saturated heterocycles. The third kappa shape index (κ3) is 4.26. The van der Waals surface area contributed by atoms with Gasteiger partial charge in [0, 0.05) is 16.2 Å². The van der Waals surface area contributed by atoms with Gasteiger partial charge in [-0.3, -0.25) is 14.3 Å². The number of anilines is 1. The molecule has 1 aliphatic rings. The highest BCUT2D eigenvalue weighted by molar-refractivity contribution is 6.35. The fourth-order valence-electron chi connectivity index (χ4n) is 2.95. The molecule has 2 atom stereocenters. The fourth-order valence-corrected chi connectivity index (χ4v) is 3.42. The first-order valence-corrected chi connectivity index (χ1v) is 8.84. The third-order valence-corrected chi connectivity index (χ3v) is 4.92. The molecule has 0 saturated carbocycles. The van der Waals surface area contributed by atoms with E-state index < -0.39 is 17.8 Å². The monoisotopic (exact) mass is 393 g/mol. The SMILES string of the molecule is O=C(O)C1CC=CCC1C(=O)Nc1cnn(Cc2ccc(Cl)cc2Cl)c1. The Kier molecular flexibility index (Phi) is 5.64. The number of carbonyl (C=O) groups excluding carboxylic acids is 1. The van der Waals surface area contributed by atoms with E-state index in [0.717, 1.165) is 5.56 Å². The van der Waals surface area contributed by atoms with Crippen molar-refractivity contribution in [3.63, 3.8) is 0 Å². The Labute approximate surface area is 160 Å². The summed E-state index contributed by atoms with van der Waals surface area (Å²) in [5, 5.41) is 17.3. The van der Waals surface area contributed by atoms with Crippen molar-refractivity contribution in [3.8, 4) is 0 Å². The molecule has 1 aliphatic carbocycles. The van der Waals surface area contributed by atoms with Crippen molar-refractivity contribution in [1.82, 2.24) is 9.78 Å². The Balaban J connectivity index is 1.67. The van der Waals surface area contributed by atoms with Crippen LogP contribution in [0.25, 0.3) is 0 Å². The first kappa shape index (κ1) is 18.5. The van der Waals surface area contributed by atoms with Crippen LogP contribution in [0.3, 0.4) is 0 Å². The number of carbonyl (C=O) groups is 2. The first-order chi connectivity index (χ1) is 12.4. The minimum absolute atomic E-state index is 0.314. The smallest absolute Gasteiger partial charge is 0.307 e. The minimum atomic E-state index is -0.956. The topological polar surface area (TPSA) is 84.2 Å². The Morgan fingerprint density at radius 1 is 1.23 bits per heavy atom. The van der Waals surface area contributed by atoms with Crippen LogP contribution in [0.2, 0.25) is 10.0 Å². The molecular weight excluding hydrogens is 377 g/mol. The lowest BCUT2D eigenvalue weighted by Crippen LogP contribution is -2.34. The summed E-state index contributed by atoms with van der Waals surface area (Å²) in [4.78, 5) is 23.8. The predicted octanol–water partition coefficient (Wildman–Crippen LogP) is 3.84. The number of nitrogens with one attached hydrogen (secondary N) is 1. The molecule has 2 unspecified atom stereocenters. The normalized spacial score (nSPS) is 19.3. The molecule has 1 heterocycles. The highest BCUT2D eigenvalue weighted by Gasteiger charge is 2.34. The molecular formula is C18H17Cl2N3O3. The molecule has 1 aromatic carbocycles. The second kappa shape index (κ2) is 7.93. The molecule has 6 nitrogen and oxygen atoms in total. The van der Waals surface area contributed by atoms with Gasteiger partial charge in [0.2, 0.25) is 5.91 Å². The zero-order valence-corrected chi connectivity index (χ0v) is 15.2. The lowest BCUT2D eigenvalue weighted by Gasteiger charge is -2.23. The second-order valence-electron chi connectivity index (χ2n) is 6.15. The van der Waals surface area contributed by atoms with Crippen LogP contribution < -0.4 is 5.32 Å².